The maximum atomic E-state index is 3.38. The summed E-state index contributed by atoms with van der Waals surface area (Å²) < 4.78 is 0. The van der Waals surface area contributed by atoms with Crippen molar-refractivity contribution in [3.63, 3.8) is 0 Å². The summed E-state index contributed by atoms with van der Waals surface area (Å²) in [5.41, 5.74) is 2.87. The summed E-state index contributed by atoms with van der Waals surface area (Å²) in [5.74, 6) is 0. The molecule has 10 heavy (non-hydrogen) atoms. The fourth-order valence-electron chi connectivity index (χ4n) is 1.20. The van der Waals surface area contributed by atoms with Crippen LogP contribution in [0.4, 0.5) is 0 Å². The summed E-state index contributed by atoms with van der Waals surface area (Å²) in [7, 11) is 0. The molecule has 1 unspecified atom stereocenters. The van der Waals surface area contributed by atoms with E-state index in [1.807, 2.05) is 0 Å². The quantitative estimate of drug-likeness (QED) is 0.612. The molecule has 1 heteroatoms. The van der Waals surface area contributed by atoms with Crippen molar-refractivity contribution < 1.29 is 0 Å². The standard InChI is InChI=1S/C9H15N/c1-4-10-9-6-5-7(2)8(9)3/h5-6,9-10H,4H2,1-3H3. The van der Waals surface area contributed by atoms with Crippen LogP contribution in [0.15, 0.2) is 23.3 Å². The van der Waals surface area contributed by atoms with Gasteiger partial charge in [0.1, 0.15) is 0 Å². The first-order chi connectivity index (χ1) is 4.75. The molecule has 0 saturated carbocycles. The van der Waals surface area contributed by atoms with Crippen molar-refractivity contribution in [2.45, 2.75) is 26.8 Å². The van der Waals surface area contributed by atoms with Gasteiger partial charge in [-0.05, 0) is 26.0 Å². The van der Waals surface area contributed by atoms with E-state index in [0.29, 0.717) is 6.04 Å². The lowest BCUT2D eigenvalue weighted by Gasteiger charge is -2.10. The number of rotatable bonds is 2. The molecule has 0 heterocycles. The highest BCUT2D eigenvalue weighted by atomic mass is 14.9. The largest absolute Gasteiger partial charge is 0.307 e. The average Bonchev–Trinajstić information content (AvgIpc) is 2.20. The van der Waals surface area contributed by atoms with Crippen LogP contribution in [0, 0.1) is 0 Å². The first-order valence-electron chi connectivity index (χ1n) is 3.84. The highest BCUT2D eigenvalue weighted by Gasteiger charge is 2.11. The van der Waals surface area contributed by atoms with Gasteiger partial charge in [0.05, 0.1) is 0 Å². The monoisotopic (exact) mass is 137 g/mol. The summed E-state index contributed by atoms with van der Waals surface area (Å²) in [4.78, 5) is 0. The van der Waals surface area contributed by atoms with Crippen LogP contribution >= 0.6 is 0 Å². The van der Waals surface area contributed by atoms with Crippen molar-refractivity contribution in [3.8, 4) is 0 Å². The number of likely N-dealkylation sites (N-methyl/N-ethyl adjacent to an activating group) is 1. The third kappa shape index (κ3) is 1.29. The third-order valence-electron chi connectivity index (χ3n) is 2.05. The maximum absolute atomic E-state index is 3.38. The van der Waals surface area contributed by atoms with Crippen LogP contribution < -0.4 is 5.32 Å². The zero-order valence-corrected chi connectivity index (χ0v) is 6.94. The predicted octanol–water partition coefficient (Wildman–Crippen LogP) is 1.87. The predicted molar refractivity (Wildman–Crippen MR) is 45.0 cm³/mol. The summed E-state index contributed by atoms with van der Waals surface area (Å²) in [5, 5.41) is 3.38. The molecule has 1 N–H and O–H groups in total. The Morgan fingerprint density at radius 2 is 2.20 bits per heavy atom. The second-order valence-corrected chi connectivity index (χ2v) is 2.76. The summed E-state index contributed by atoms with van der Waals surface area (Å²) in [6.07, 6.45) is 4.40. The minimum atomic E-state index is 0.505. The van der Waals surface area contributed by atoms with Crippen molar-refractivity contribution in [1.82, 2.24) is 5.32 Å². The van der Waals surface area contributed by atoms with Crippen LogP contribution in [0.3, 0.4) is 0 Å². The molecule has 0 spiro atoms. The fourth-order valence-corrected chi connectivity index (χ4v) is 1.20. The van der Waals surface area contributed by atoms with Gasteiger partial charge in [0, 0.05) is 6.04 Å². The number of nitrogens with one attached hydrogen (secondary N) is 1. The fraction of sp³-hybridized carbons (Fsp3) is 0.556. The van der Waals surface area contributed by atoms with Crippen molar-refractivity contribution in [1.29, 1.82) is 0 Å². The average molecular weight is 137 g/mol. The van der Waals surface area contributed by atoms with Gasteiger partial charge in [-0.25, -0.2) is 0 Å². The van der Waals surface area contributed by atoms with Crippen LogP contribution in [-0.4, -0.2) is 12.6 Å². The van der Waals surface area contributed by atoms with E-state index in [-0.39, 0.29) is 0 Å². The SMILES string of the molecule is CCNC1C=CC(C)=C1C. The van der Waals surface area contributed by atoms with Crippen molar-refractivity contribution in [2.24, 2.45) is 0 Å². The number of hydrogen-bond donors (Lipinski definition) is 1. The van der Waals surface area contributed by atoms with Gasteiger partial charge in [0.25, 0.3) is 0 Å². The molecule has 0 aromatic heterocycles. The molecule has 0 aromatic carbocycles. The van der Waals surface area contributed by atoms with Crippen molar-refractivity contribution in [3.05, 3.63) is 23.3 Å². The van der Waals surface area contributed by atoms with Gasteiger partial charge in [-0.2, -0.15) is 0 Å². The Morgan fingerprint density at radius 1 is 1.50 bits per heavy atom. The first-order valence-corrected chi connectivity index (χ1v) is 3.84. The Labute approximate surface area is 62.8 Å². The second-order valence-electron chi connectivity index (χ2n) is 2.76. The van der Waals surface area contributed by atoms with Gasteiger partial charge in [0.15, 0.2) is 0 Å². The van der Waals surface area contributed by atoms with Crippen LogP contribution in [0.25, 0.3) is 0 Å². The van der Waals surface area contributed by atoms with Crippen LogP contribution in [-0.2, 0) is 0 Å². The molecule has 1 rings (SSSR count). The van der Waals surface area contributed by atoms with E-state index in [1.54, 1.807) is 0 Å². The van der Waals surface area contributed by atoms with Crippen LogP contribution in [0.2, 0.25) is 0 Å². The van der Waals surface area contributed by atoms with E-state index < -0.39 is 0 Å². The Hall–Kier alpha value is -0.560. The Balaban J connectivity index is 2.59. The molecular weight excluding hydrogens is 122 g/mol. The maximum Gasteiger partial charge on any atom is 0.0471 e. The van der Waals surface area contributed by atoms with Crippen molar-refractivity contribution >= 4 is 0 Å². The summed E-state index contributed by atoms with van der Waals surface area (Å²) in [6.45, 7) is 7.51. The van der Waals surface area contributed by atoms with Crippen LogP contribution in [0.1, 0.15) is 20.8 Å². The van der Waals surface area contributed by atoms with Gasteiger partial charge in [-0.3, -0.25) is 0 Å². The highest BCUT2D eigenvalue weighted by molar-refractivity contribution is 5.36. The molecule has 1 atom stereocenters. The minimum absolute atomic E-state index is 0.505. The Bertz CT molecular complexity index is 177. The lowest BCUT2D eigenvalue weighted by molar-refractivity contribution is 0.685. The molecule has 0 aliphatic heterocycles. The van der Waals surface area contributed by atoms with Crippen LogP contribution in [0.5, 0.6) is 0 Å². The zero-order chi connectivity index (χ0) is 7.56. The third-order valence-corrected chi connectivity index (χ3v) is 2.05. The molecule has 0 fully saturated rings. The highest BCUT2D eigenvalue weighted by Crippen LogP contribution is 2.17. The van der Waals surface area contributed by atoms with Gasteiger partial charge >= 0.3 is 0 Å². The number of allylic oxidation sites excluding steroid dienone is 2. The Morgan fingerprint density at radius 3 is 2.60 bits per heavy atom. The van der Waals surface area contributed by atoms with Gasteiger partial charge in [-0.1, -0.05) is 24.6 Å². The normalized spacial score (nSPS) is 24.5. The van der Waals surface area contributed by atoms with Gasteiger partial charge in [0.2, 0.25) is 0 Å². The van der Waals surface area contributed by atoms with E-state index in [0.717, 1.165) is 6.54 Å². The summed E-state index contributed by atoms with van der Waals surface area (Å²) >= 11 is 0. The smallest absolute Gasteiger partial charge is 0.0471 e. The van der Waals surface area contributed by atoms with E-state index in [1.165, 1.54) is 11.1 Å². The molecule has 0 amide bonds. The second kappa shape index (κ2) is 3.02. The molecule has 1 aliphatic rings. The molecule has 0 saturated heterocycles. The minimum Gasteiger partial charge on any atom is -0.307 e. The molecule has 1 nitrogen and oxygen atoms in total. The number of hydrogen-bond acceptors (Lipinski definition) is 1. The Kier molecular flexibility index (Phi) is 2.28. The lowest BCUT2D eigenvalue weighted by Crippen LogP contribution is -2.26. The topological polar surface area (TPSA) is 12.0 Å². The van der Waals surface area contributed by atoms with E-state index >= 15 is 0 Å². The molecule has 0 radical (unpaired) electrons. The summed E-state index contributed by atoms with van der Waals surface area (Å²) in [6, 6.07) is 0.505. The molecule has 0 bridgehead atoms. The molecule has 56 valence electrons. The van der Waals surface area contributed by atoms with E-state index in [9.17, 15) is 0 Å². The van der Waals surface area contributed by atoms with Gasteiger partial charge < -0.3 is 5.32 Å². The first kappa shape index (κ1) is 7.55. The van der Waals surface area contributed by atoms with E-state index in [2.05, 4.69) is 38.2 Å². The van der Waals surface area contributed by atoms with Crippen molar-refractivity contribution in [2.75, 3.05) is 6.54 Å². The molecule has 1 aliphatic carbocycles. The van der Waals surface area contributed by atoms with Gasteiger partial charge in [-0.15, -0.1) is 0 Å². The molecule has 0 aromatic rings. The van der Waals surface area contributed by atoms with E-state index in [4.69, 9.17) is 0 Å². The zero-order valence-electron chi connectivity index (χ0n) is 6.94. The molecular formula is C9H15N. The lowest BCUT2D eigenvalue weighted by atomic mass is 10.1.